The van der Waals surface area contributed by atoms with E-state index in [1.165, 1.54) is 57.0 Å². The van der Waals surface area contributed by atoms with Crippen LogP contribution in [0.5, 0.6) is 0 Å². The molecule has 2 nitrogen and oxygen atoms in total. The van der Waals surface area contributed by atoms with Crippen molar-refractivity contribution in [1.29, 1.82) is 0 Å². The first-order valence-corrected chi connectivity index (χ1v) is 12.5. The van der Waals surface area contributed by atoms with Gasteiger partial charge in [-0.3, -0.25) is 4.98 Å². The van der Waals surface area contributed by atoms with Crippen molar-refractivity contribution in [2.75, 3.05) is 0 Å². The first kappa shape index (κ1) is 17.8. The van der Waals surface area contributed by atoms with Crippen LogP contribution < -0.4 is 0 Å². The predicted octanol–water partition coefficient (Wildman–Crippen LogP) is 9.29. The summed E-state index contributed by atoms with van der Waals surface area (Å²) in [5, 5.41) is 5.26. The Labute approximate surface area is 197 Å². The molecule has 4 heteroatoms. The summed E-state index contributed by atoms with van der Waals surface area (Å²) < 4.78 is 11.1. The Bertz CT molecular complexity index is 1910. The Hall–Kier alpha value is -3.73. The van der Waals surface area contributed by atoms with Crippen molar-refractivity contribution < 1.29 is 4.42 Å². The molecule has 0 aliphatic carbocycles. The van der Waals surface area contributed by atoms with Crippen molar-refractivity contribution in [2.45, 2.75) is 0 Å². The van der Waals surface area contributed by atoms with Crippen molar-refractivity contribution in [2.24, 2.45) is 0 Å². The van der Waals surface area contributed by atoms with Gasteiger partial charge in [0.2, 0.25) is 0 Å². The minimum Gasteiger partial charge on any atom is -0.464 e. The quantitative estimate of drug-likeness (QED) is 0.191. The van der Waals surface area contributed by atoms with E-state index >= 15 is 0 Å². The van der Waals surface area contributed by atoms with Crippen LogP contribution in [-0.4, -0.2) is 4.98 Å². The maximum atomic E-state index is 5.86. The van der Waals surface area contributed by atoms with Gasteiger partial charge >= 0.3 is 0 Å². The highest BCUT2D eigenvalue weighted by molar-refractivity contribution is 7.27. The number of hydrogen-bond donors (Lipinski definition) is 0. The topological polar surface area (TPSA) is 26.0 Å². The molecule has 0 spiro atoms. The molecule has 0 fully saturated rings. The number of pyridine rings is 1. The molecule has 2 aliphatic rings. The smallest absolute Gasteiger partial charge is 0.135 e. The molecule has 8 rings (SSSR count). The molecular weight excluding hydrogens is 442 g/mol. The molecule has 154 valence electrons. The highest BCUT2D eigenvalue weighted by Gasteiger charge is 2.25. The van der Waals surface area contributed by atoms with Gasteiger partial charge in [-0.1, -0.05) is 30.3 Å². The lowest BCUT2D eigenvalue weighted by Gasteiger charge is -2.23. The lowest BCUT2D eigenvalue weighted by atomic mass is 9.89. The Morgan fingerprint density at radius 1 is 0.667 bits per heavy atom. The van der Waals surface area contributed by atoms with Crippen LogP contribution in [0, 0.1) is 0 Å². The molecule has 0 radical (unpaired) electrons. The van der Waals surface area contributed by atoms with E-state index in [0.717, 1.165) is 16.9 Å². The molecule has 0 bridgehead atoms. The second-order valence-corrected chi connectivity index (χ2v) is 10.5. The van der Waals surface area contributed by atoms with Gasteiger partial charge in [-0.2, -0.15) is 0 Å². The van der Waals surface area contributed by atoms with Crippen molar-refractivity contribution in [1.82, 2.24) is 4.98 Å². The zero-order chi connectivity index (χ0) is 21.5. The Morgan fingerprint density at radius 3 is 2.52 bits per heavy atom. The molecular formula is C29H15NOS2. The van der Waals surface area contributed by atoms with Gasteiger partial charge in [-0.15, -0.1) is 22.7 Å². The third-order valence-electron chi connectivity index (χ3n) is 6.61. The second kappa shape index (κ2) is 6.41. The number of rotatable bonds is 2. The summed E-state index contributed by atoms with van der Waals surface area (Å²) in [5.74, 6) is 0.910. The maximum absolute atomic E-state index is 5.86. The van der Waals surface area contributed by atoms with Crippen LogP contribution in [0.25, 0.3) is 73.9 Å². The molecule has 0 saturated carbocycles. The van der Waals surface area contributed by atoms with Crippen LogP contribution in [-0.2, 0) is 0 Å². The van der Waals surface area contributed by atoms with Crippen molar-refractivity contribution in [3.8, 4) is 33.6 Å². The molecule has 33 heavy (non-hydrogen) atoms. The maximum Gasteiger partial charge on any atom is 0.135 e. The number of hydrogen-bond acceptors (Lipinski definition) is 4. The van der Waals surface area contributed by atoms with Gasteiger partial charge in [0.15, 0.2) is 0 Å². The van der Waals surface area contributed by atoms with Crippen LogP contribution in [0.2, 0.25) is 0 Å². The molecule has 2 aliphatic heterocycles. The van der Waals surface area contributed by atoms with E-state index in [2.05, 4.69) is 65.6 Å². The molecule has 2 aromatic heterocycles. The average Bonchev–Trinajstić information content (AvgIpc) is 3.40. The zero-order valence-electron chi connectivity index (χ0n) is 17.3. The van der Waals surface area contributed by atoms with Crippen LogP contribution >= 0.6 is 22.7 Å². The fraction of sp³-hybridized carbons (Fsp3) is 0. The van der Waals surface area contributed by atoms with E-state index in [1.807, 2.05) is 47.2 Å². The monoisotopic (exact) mass is 457 g/mol. The summed E-state index contributed by atoms with van der Waals surface area (Å²) in [6.07, 6.45) is 5.57. The van der Waals surface area contributed by atoms with Gasteiger partial charge in [-0.05, 0) is 53.2 Å². The zero-order valence-corrected chi connectivity index (χ0v) is 19.0. The highest BCUT2D eigenvalue weighted by Crippen LogP contribution is 2.55. The SMILES string of the molecule is c1cncc(-c2cc3cccc4sc5ccc6ccc(-c7ccco7)c7sc2c(c34)-c5c67)c1. The minimum atomic E-state index is 0.910. The normalized spacial score (nSPS) is 12.2. The van der Waals surface area contributed by atoms with Crippen molar-refractivity contribution in [3.63, 3.8) is 0 Å². The van der Waals surface area contributed by atoms with E-state index in [-0.39, 0.29) is 0 Å². The third kappa shape index (κ3) is 2.34. The summed E-state index contributed by atoms with van der Waals surface area (Å²) in [7, 11) is 0. The summed E-state index contributed by atoms with van der Waals surface area (Å²) in [5.41, 5.74) is 6.27. The fourth-order valence-corrected chi connectivity index (χ4v) is 7.77. The summed E-state index contributed by atoms with van der Waals surface area (Å²) in [6, 6.07) is 26.2. The van der Waals surface area contributed by atoms with Gasteiger partial charge in [0.1, 0.15) is 5.76 Å². The highest BCUT2D eigenvalue weighted by atomic mass is 32.1. The lowest BCUT2D eigenvalue weighted by Crippen LogP contribution is -1.95. The van der Waals surface area contributed by atoms with Gasteiger partial charge < -0.3 is 4.42 Å². The third-order valence-corrected chi connectivity index (χ3v) is 8.99. The molecule has 6 aromatic rings. The van der Waals surface area contributed by atoms with Gasteiger partial charge in [-0.25, -0.2) is 0 Å². The Kier molecular flexibility index (Phi) is 3.45. The van der Waals surface area contributed by atoms with Crippen LogP contribution in [0.4, 0.5) is 0 Å². The van der Waals surface area contributed by atoms with Gasteiger partial charge in [0.25, 0.3) is 0 Å². The predicted molar refractivity (Wildman–Crippen MR) is 141 cm³/mol. The van der Waals surface area contributed by atoms with Crippen LogP contribution in [0.1, 0.15) is 0 Å². The molecule has 0 saturated heterocycles. The molecule has 0 amide bonds. The lowest BCUT2D eigenvalue weighted by molar-refractivity contribution is 0.583. The van der Waals surface area contributed by atoms with E-state index in [9.17, 15) is 0 Å². The van der Waals surface area contributed by atoms with E-state index < -0.39 is 0 Å². The van der Waals surface area contributed by atoms with E-state index in [1.54, 1.807) is 6.26 Å². The van der Waals surface area contributed by atoms with Gasteiger partial charge in [0, 0.05) is 69.8 Å². The molecule has 0 atom stereocenters. The van der Waals surface area contributed by atoms with Crippen molar-refractivity contribution in [3.05, 3.63) is 91.5 Å². The molecule has 0 unspecified atom stereocenters. The first-order chi connectivity index (χ1) is 16.4. The van der Waals surface area contributed by atoms with Crippen molar-refractivity contribution >= 4 is 63.0 Å². The molecule has 0 N–H and O–H groups in total. The second-order valence-electron chi connectivity index (χ2n) is 8.38. The Morgan fingerprint density at radius 2 is 1.64 bits per heavy atom. The molecule has 4 heterocycles. The fourth-order valence-electron chi connectivity index (χ4n) is 5.22. The Balaban J connectivity index is 1.69. The minimum absolute atomic E-state index is 0.910. The van der Waals surface area contributed by atoms with E-state index in [0.29, 0.717) is 0 Å². The standard InChI is InChI=1S/C29H15NOS2/c1-4-17-14-20(18-5-2-12-30-15-18)29-27-24(17)22(7-1)32-23-11-9-16-8-10-19(21-6-3-13-31-21)28(33-29)25(16)26(23)27/h1-15H. The van der Waals surface area contributed by atoms with Crippen LogP contribution in [0.3, 0.4) is 0 Å². The van der Waals surface area contributed by atoms with Gasteiger partial charge in [0.05, 0.1) is 6.26 Å². The summed E-state index contributed by atoms with van der Waals surface area (Å²) >= 11 is 3.76. The van der Waals surface area contributed by atoms with Crippen LogP contribution in [0.15, 0.2) is 95.9 Å². The number of aromatic nitrogens is 1. The number of furan rings is 1. The summed E-state index contributed by atoms with van der Waals surface area (Å²) in [6.45, 7) is 0. The van der Waals surface area contributed by atoms with E-state index in [4.69, 9.17) is 4.42 Å². The molecule has 4 aromatic carbocycles. The average molecular weight is 458 g/mol. The number of benzene rings is 4. The number of nitrogens with zero attached hydrogens (tertiary/aromatic N) is 1. The largest absolute Gasteiger partial charge is 0.464 e. The summed E-state index contributed by atoms with van der Waals surface area (Å²) in [4.78, 5) is 4.43. The first-order valence-electron chi connectivity index (χ1n) is 10.9.